The highest BCUT2D eigenvalue weighted by atomic mass is 32.1. The van der Waals surface area contributed by atoms with Gasteiger partial charge in [-0.2, -0.15) is 0 Å². The minimum Gasteiger partial charge on any atom is -0.484 e. The molecule has 0 unspecified atom stereocenters. The minimum absolute atomic E-state index is 0.114. The summed E-state index contributed by atoms with van der Waals surface area (Å²) in [5, 5.41) is 7.50. The van der Waals surface area contributed by atoms with Crippen LogP contribution in [0.2, 0.25) is 0 Å². The van der Waals surface area contributed by atoms with Gasteiger partial charge in [-0.05, 0) is 37.1 Å². The Balaban J connectivity index is 1.67. The van der Waals surface area contributed by atoms with Crippen molar-refractivity contribution in [3.05, 3.63) is 40.3 Å². The number of rotatable bonds is 13. The molecule has 2 N–H and O–H groups in total. The first-order valence-electron chi connectivity index (χ1n) is 9.82. The topological polar surface area (TPSA) is 98.8 Å². The molecule has 12 heteroatoms. The Morgan fingerprint density at radius 3 is 2.50 bits per heavy atom. The molecule has 1 heterocycles. The summed E-state index contributed by atoms with van der Waals surface area (Å²) in [6.07, 6.45) is -3.12. The van der Waals surface area contributed by atoms with E-state index >= 15 is 0 Å². The number of hydrogen-bond donors (Lipinski definition) is 2. The Morgan fingerprint density at radius 1 is 1.09 bits per heavy atom. The van der Waals surface area contributed by atoms with Crippen molar-refractivity contribution in [1.82, 2.24) is 15.6 Å². The van der Waals surface area contributed by atoms with E-state index in [1.807, 2.05) is 6.92 Å². The lowest BCUT2D eigenvalue weighted by Gasteiger charge is -2.10. The van der Waals surface area contributed by atoms with Crippen molar-refractivity contribution >= 4 is 23.2 Å². The molecule has 2 rings (SSSR count). The zero-order valence-corrected chi connectivity index (χ0v) is 18.2. The van der Waals surface area contributed by atoms with Crippen molar-refractivity contribution in [3.63, 3.8) is 0 Å². The molecule has 0 spiro atoms. The van der Waals surface area contributed by atoms with Gasteiger partial charge in [0.2, 0.25) is 0 Å². The Bertz CT molecular complexity index is 859. The van der Waals surface area contributed by atoms with Gasteiger partial charge in [0.1, 0.15) is 22.2 Å². The van der Waals surface area contributed by atoms with Crippen LogP contribution < -0.4 is 20.1 Å². The molecule has 0 radical (unpaired) electrons. The molecule has 2 amide bonds. The van der Waals surface area contributed by atoms with Gasteiger partial charge in [0, 0.05) is 25.1 Å². The SMILES string of the molecule is CCCOCCCNC(=O)c1csc(CNC(=O)COc2ccc(OC(F)(F)F)cc2)n1. The molecule has 0 aliphatic heterocycles. The molecule has 176 valence electrons. The Labute approximate surface area is 187 Å². The first-order chi connectivity index (χ1) is 15.3. The number of amides is 2. The van der Waals surface area contributed by atoms with E-state index in [0.717, 1.165) is 18.6 Å². The van der Waals surface area contributed by atoms with Gasteiger partial charge in [0.25, 0.3) is 11.8 Å². The maximum atomic E-state index is 12.1. The molecular weight excluding hydrogens is 451 g/mol. The standard InChI is InChI=1S/C20H24F3N3O5S/c1-2-9-29-10-3-8-24-19(28)16-13-32-18(26-16)11-25-17(27)12-30-14-4-6-15(7-5-14)31-20(21,22)23/h4-7,13H,2-3,8-12H2,1H3,(H,24,28)(H,25,27). The highest BCUT2D eigenvalue weighted by molar-refractivity contribution is 7.09. The van der Waals surface area contributed by atoms with Crippen molar-refractivity contribution in [2.75, 3.05) is 26.4 Å². The predicted octanol–water partition coefficient (Wildman–Crippen LogP) is 3.28. The summed E-state index contributed by atoms with van der Waals surface area (Å²) in [6.45, 7) is 3.56. The third kappa shape index (κ3) is 9.96. The van der Waals surface area contributed by atoms with Crippen LogP contribution in [0.1, 0.15) is 35.3 Å². The van der Waals surface area contributed by atoms with Gasteiger partial charge in [-0.3, -0.25) is 9.59 Å². The lowest BCUT2D eigenvalue weighted by Crippen LogP contribution is -2.28. The van der Waals surface area contributed by atoms with Gasteiger partial charge >= 0.3 is 6.36 Å². The number of hydrogen-bond acceptors (Lipinski definition) is 7. The summed E-state index contributed by atoms with van der Waals surface area (Å²) in [4.78, 5) is 28.2. The Hall–Kier alpha value is -2.86. The smallest absolute Gasteiger partial charge is 0.484 e. The molecule has 1 aromatic heterocycles. The van der Waals surface area contributed by atoms with Crippen molar-refractivity contribution in [1.29, 1.82) is 0 Å². The van der Waals surface area contributed by atoms with Gasteiger partial charge < -0.3 is 24.8 Å². The van der Waals surface area contributed by atoms with Crippen LogP contribution in [0, 0.1) is 0 Å². The van der Waals surface area contributed by atoms with Crippen LogP contribution in [0.5, 0.6) is 11.5 Å². The predicted molar refractivity (Wildman–Crippen MR) is 111 cm³/mol. The van der Waals surface area contributed by atoms with E-state index in [1.54, 1.807) is 5.38 Å². The zero-order chi connectivity index (χ0) is 23.4. The maximum absolute atomic E-state index is 12.1. The minimum atomic E-state index is -4.78. The molecular formula is C20H24F3N3O5S. The molecule has 0 atom stereocenters. The van der Waals surface area contributed by atoms with E-state index in [2.05, 4.69) is 20.4 Å². The van der Waals surface area contributed by atoms with Crippen LogP contribution in [0.25, 0.3) is 0 Å². The van der Waals surface area contributed by atoms with Crippen LogP contribution in [-0.2, 0) is 16.1 Å². The molecule has 0 saturated heterocycles. The number of nitrogens with zero attached hydrogens (tertiary/aromatic N) is 1. The van der Waals surface area contributed by atoms with Crippen molar-refractivity contribution in [2.45, 2.75) is 32.7 Å². The number of ether oxygens (including phenoxy) is 3. The number of thiazole rings is 1. The van der Waals surface area contributed by atoms with E-state index in [9.17, 15) is 22.8 Å². The first-order valence-corrected chi connectivity index (χ1v) is 10.7. The van der Waals surface area contributed by atoms with Gasteiger partial charge in [-0.25, -0.2) is 4.98 Å². The fraction of sp³-hybridized carbons (Fsp3) is 0.450. The summed E-state index contributed by atoms with van der Waals surface area (Å²) >= 11 is 1.23. The van der Waals surface area contributed by atoms with Gasteiger partial charge in [0.15, 0.2) is 6.61 Å². The monoisotopic (exact) mass is 475 g/mol. The fourth-order valence-electron chi connectivity index (χ4n) is 2.32. The van der Waals surface area contributed by atoms with Crippen LogP contribution in [-0.4, -0.2) is 49.5 Å². The average molecular weight is 475 g/mol. The number of carbonyl (C=O) groups is 2. The Kier molecular flexibility index (Phi) is 10.2. The molecule has 0 saturated carbocycles. The normalized spacial score (nSPS) is 11.1. The van der Waals surface area contributed by atoms with Crippen LogP contribution >= 0.6 is 11.3 Å². The molecule has 0 bridgehead atoms. The zero-order valence-electron chi connectivity index (χ0n) is 17.4. The highest BCUT2D eigenvalue weighted by Gasteiger charge is 2.31. The third-order valence-corrected chi connectivity index (χ3v) is 4.60. The van der Waals surface area contributed by atoms with Gasteiger partial charge in [-0.1, -0.05) is 6.92 Å². The summed E-state index contributed by atoms with van der Waals surface area (Å²) in [6, 6.07) is 4.69. The molecule has 8 nitrogen and oxygen atoms in total. The molecule has 32 heavy (non-hydrogen) atoms. The van der Waals surface area contributed by atoms with E-state index in [0.29, 0.717) is 31.2 Å². The summed E-state index contributed by atoms with van der Waals surface area (Å²) < 4.78 is 50.7. The first kappa shape index (κ1) is 25.4. The van der Waals surface area contributed by atoms with Gasteiger partial charge in [0.05, 0.1) is 6.54 Å². The quantitative estimate of drug-likeness (QED) is 0.432. The van der Waals surface area contributed by atoms with Crippen LogP contribution in [0.3, 0.4) is 0 Å². The fourth-order valence-corrected chi connectivity index (χ4v) is 3.04. The van der Waals surface area contributed by atoms with E-state index in [1.165, 1.54) is 23.5 Å². The molecule has 2 aromatic rings. The summed E-state index contributed by atoms with van der Waals surface area (Å²) in [5.74, 6) is -0.921. The van der Waals surface area contributed by atoms with Crippen molar-refractivity contribution < 1.29 is 37.0 Å². The molecule has 0 aliphatic rings. The average Bonchev–Trinajstić information content (AvgIpc) is 3.22. The second-order valence-corrected chi connectivity index (χ2v) is 7.38. The molecule has 0 aliphatic carbocycles. The molecule has 0 fully saturated rings. The van der Waals surface area contributed by atoms with Gasteiger partial charge in [-0.15, -0.1) is 24.5 Å². The number of benzene rings is 1. The number of alkyl halides is 3. The maximum Gasteiger partial charge on any atom is 0.573 e. The number of aromatic nitrogens is 1. The second kappa shape index (κ2) is 12.9. The largest absolute Gasteiger partial charge is 0.573 e. The van der Waals surface area contributed by atoms with Crippen LogP contribution in [0.4, 0.5) is 13.2 Å². The number of nitrogens with one attached hydrogen (secondary N) is 2. The Morgan fingerprint density at radius 2 is 1.81 bits per heavy atom. The third-order valence-electron chi connectivity index (χ3n) is 3.75. The number of halogens is 3. The highest BCUT2D eigenvalue weighted by Crippen LogP contribution is 2.24. The van der Waals surface area contributed by atoms with E-state index in [4.69, 9.17) is 9.47 Å². The van der Waals surface area contributed by atoms with Crippen molar-refractivity contribution in [2.24, 2.45) is 0 Å². The van der Waals surface area contributed by atoms with E-state index < -0.39 is 12.3 Å². The van der Waals surface area contributed by atoms with E-state index in [-0.39, 0.29) is 36.3 Å². The summed E-state index contributed by atoms with van der Waals surface area (Å²) in [7, 11) is 0. The second-order valence-electron chi connectivity index (χ2n) is 6.43. The lowest BCUT2D eigenvalue weighted by atomic mass is 10.3. The number of carbonyl (C=O) groups excluding carboxylic acids is 2. The lowest BCUT2D eigenvalue weighted by molar-refractivity contribution is -0.274. The molecule has 1 aromatic carbocycles. The summed E-state index contributed by atoms with van der Waals surface area (Å²) in [5.41, 5.74) is 0.270. The van der Waals surface area contributed by atoms with Crippen molar-refractivity contribution in [3.8, 4) is 11.5 Å². The van der Waals surface area contributed by atoms with Crippen LogP contribution in [0.15, 0.2) is 29.6 Å².